The largest absolute Gasteiger partial charge is 0.314 e. The predicted molar refractivity (Wildman–Crippen MR) is 282 cm³/mol. The molecule has 0 radical (unpaired) electrons. The molecule has 2 bridgehead atoms. The zero-order valence-corrected chi connectivity index (χ0v) is 38.5. The fraction of sp³-hybridized carbons (Fsp3) is 0.121. The summed E-state index contributed by atoms with van der Waals surface area (Å²) in [5.74, 6) is 0.194. The van der Waals surface area contributed by atoms with Gasteiger partial charge < -0.3 is 4.90 Å². The number of hydrogen-bond acceptors (Lipinski definition) is 1. The van der Waals surface area contributed by atoms with E-state index in [1.165, 1.54) is 123 Å². The van der Waals surface area contributed by atoms with Crippen molar-refractivity contribution in [1.82, 2.24) is 0 Å². The molecular weight excluding hydrogens is 807 g/mol. The van der Waals surface area contributed by atoms with Crippen molar-refractivity contribution in [2.24, 2.45) is 0 Å². The van der Waals surface area contributed by atoms with Crippen LogP contribution in [0, 0.1) is 0 Å². The molecule has 4 aliphatic rings. The zero-order valence-electron chi connectivity index (χ0n) is 38.5. The molecule has 320 valence electrons. The molecular formula is C66H51N. The standard InChI is InChI=1S/C66H51N/c1-65(2)60-20-12-10-18-54(60)55-35-31-48(39-62(55)65)51-36-32-49-40-59(51)53-17-9-8-16-52(53)58-19-11-13-21-64(58)67(49)50-33-37-57-56-34-30-47(38-61(56)66(3,4)63(57)41-50)46-28-26-45(27-29-46)44-24-22-43(23-25-44)42-14-6-5-7-15-42/h5-39,41,59H,40H2,1-4H3. The molecule has 0 aromatic heterocycles. The number of hydrogen-bond donors (Lipinski definition) is 0. The number of rotatable bonds is 5. The molecule has 1 atom stereocenters. The summed E-state index contributed by atoms with van der Waals surface area (Å²) >= 11 is 0. The summed E-state index contributed by atoms with van der Waals surface area (Å²) in [4.78, 5) is 2.57. The first-order chi connectivity index (χ1) is 32.7. The van der Waals surface area contributed by atoms with Gasteiger partial charge in [-0.3, -0.25) is 0 Å². The summed E-state index contributed by atoms with van der Waals surface area (Å²) < 4.78 is 0. The molecule has 0 saturated carbocycles. The maximum atomic E-state index is 2.57. The molecule has 9 aromatic rings. The van der Waals surface area contributed by atoms with Crippen molar-refractivity contribution >= 4 is 16.9 Å². The molecule has 13 rings (SSSR count). The maximum absolute atomic E-state index is 2.57. The molecule has 67 heavy (non-hydrogen) atoms. The zero-order chi connectivity index (χ0) is 45.0. The second kappa shape index (κ2) is 14.9. The molecule has 1 heterocycles. The Labute approximate surface area is 395 Å². The second-order valence-electron chi connectivity index (χ2n) is 20.0. The van der Waals surface area contributed by atoms with Crippen LogP contribution in [0.1, 0.15) is 73.4 Å². The van der Waals surface area contributed by atoms with Crippen molar-refractivity contribution in [3.8, 4) is 66.8 Å². The van der Waals surface area contributed by atoms with Gasteiger partial charge in [0.2, 0.25) is 0 Å². The second-order valence-corrected chi connectivity index (χ2v) is 20.0. The van der Waals surface area contributed by atoms with Crippen LogP contribution in [0.4, 0.5) is 11.4 Å². The summed E-state index contributed by atoms with van der Waals surface area (Å²) in [5, 5.41) is 0. The lowest BCUT2D eigenvalue weighted by molar-refractivity contribution is 0.660. The third kappa shape index (κ3) is 6.14. The Morgan fingerprint density at radius 3 is 1.51 bits per heavy atom. The molecule has 1 unspecified atom stereocenters. The van der Waals surface area contributed by atoms with Crippen molar-refractivity contribution in [2.75, 3.05) is 4.90 Å². The van der Waals surface area contributed by atoms with E-state index in [0.29, 0.717) is 0 Å². The van der Waals surface area contributed by atoms with E-state index in [0.717, 1.165) is 6.42 Å². The molecule has 3 aliphatic carbocycles. The number of para-hydroxylation sites is 1. The number of nitrogens with zero attached hydrogens (tertiary/aromatic N) is 1. The minimum atomic E-state index is -0.191. The van der Waals surface area contributed by atoms with Crippen LogP contribution in [-0.2, 0) is 10.8 Å². The van der Waals surface area contributed by atoms with Crippen LogP contribution in [0.5, 0.6) is 0 Å². The molecule has 0 spiro atoms. The third-order valence-corrected chi connectivity index (χ3v) is 15.7. The molecule has 0 saturated heterocycles. The Morgan fingerprint density at radius 2 is 0.821 bits per heavy atom. The first-order valence-electron chi connectivity index (χ1n) is 23.9. The molecule has 0 amide bonds. The number of benzene rings is 9. The molecule has 1 aliphatic heterocycles. The summed E-state index contributed by atoms with van der Waals surface area (Å²) in [6, 6.07) is 77.4. The van der Waals surface area contributed by atoms with Crippen molar-refractivity contribution < 1.29 is 0 Å². The summed E-state index contributed by atoms with van der Waals surface area (Å²) in [6.45, 7) is 9.59. The average molecular weight is 858 g/mol. The van der Waals surface area contributed by atoms with Crippen LogP contribution in [0.3, 0.4) is 0 Å². The van der Waals surface area contributed by atoms with Gasteiger partial charge in [-0.2, -0.15) is 0 Å². The van der Waals surface area contributed by atoms with Gasteiger partial charge in [-0.25, -0.2) is 0 Å². The fourth-order valence-corrected chi connectivity index (χ4v) is 12.1. The van der Waals surface area contributed by atoms with Gasteiger partial charge in [0.1, 0.15) is 0 Å². The Hall–Kier alpha value is -7.74. The van der Waals surface area contributed by atoms with Gasteiger partial charge >= 0.3 is 0 Å². The highest BCUT2D eigenvalue weighted by molar-refractivity contribution is 5.93. The van der Waals surface area contributed by atoms with E-state index in [2.05, 4.69) is 251 Å². The topological polar surface area (TPSA) is 3.24 Å². The molecule has 0 fully saturated rings. The van der Waals surface area contributed by atoms with Crippen LogP contribution in [0.15, 0.2) is 224 Å². The molecule has 1 heteroatoms. The van der Waals surface area contributed by atoms with E-state index in [1.54, 1.807) is 0 Å². The quantitative estimate of drug-likeness (QED) is 0.167. The molecule has 0 N–H and O–H groups in total. The van der Waals surface area contributed by atoms with Gasteiger partial charge in [-0.15, -0.1) is 0 Å². The highest BCUT2D eigenvalue weighted by atomic mass is 15.2. The van der Waals surface area contributed by atoms with Crippen LogP contribution < -0.4 is 4.90 Å². The average Bonchev–Trinajstić information content (AvgIpc) is 3.75. The summed E-state index contributed by atoms with van der Waals surface area (Å²) in [5.41, 5.74) is 28.6. The lowest BCUT2D eigenvalue weighted by Gasteiger charge is -2.38. The SMILES string of the molecule is CC1(C)c2ccccc2-c2ccc(C3=CC=C4CC3c3ccccc3-c3ccccc3N4c3ccc4c(c3)C(C)(C)c3cc(-c5ccc(-c6ccc(-c7ccccc7)cc6)cc5)ccc3-4)cc21. The lowest BCUT2D eigenvalue weighted by Crippen LogP contribution is -2.24. The minimum Gasteiger partial charge on any atom is -0.314 e. The van der Waals surface area contributed by atoms with Gasteiger partial charge in [-0.1, -0.05) is 210 Å². The van der Waals surface area contributed by atoms with Crippen molar-refractivity contribution in [2.45, 2.75) is 50.9 Å². The van der Waals surface area contributed by atoms with E-state index in [4.69, 9.17) is 0 Å². The van der Waals surface area contributed by atoms with Gasteiger partial charge in [0.15, 0.2) is 0 Å². The Balaban J connectivity index is 0.862. The number of fused-ring (bicyclic) bond motifs is 12. The highest BCUT2D eigenvalue weighted by Crippen LogP contribution is 2.56. The van der Waals surface area contributed by atoms with Gasteiger partial charge in [0.25, 0.3) is 0 Å². The van der Waals surface area contributed by atoms with Crippen molar-refractivity contribution in [3.63, 3.8) is 0 Å². The Bertz CT molecular complexity index is 3520. The monoisotopic (exact) mass is 857 g/mol. The number of anilines is 2. The molecule has 1 nitrogen and oxygen atoms in total. The van der Waals surface area contributed by atoms with Crippen LogP contribution in [-0.4, -0.2) is 0 Å². The Morgan fingerprint density at radius 1 is 0.358 bits per heavy atom. The third-order valence-electron chi connectivity index (χ3n) is 15.7. The van der Waals surface area contributed by atoms with Crippen molar-refractivity contribution in [1.29, 1.82) is 0 Å². The maximum Gasteiger partial charge on any atom is 0.0536 e. The van der Waals surface area contributed by atoms with Crippen LogP contribution >= 0.6 is 0 Å². The van der Waals surface area contributed by atoms with Gasteiger partial charge in [0.05, 0.1) is 5.69 Å². The normalized spacial score (nSPS) is 16.5. The van der Waals surface area contributed by atoms with Gasteiger partial charge in [-0.05, 0) is 143 Å². The first kappa shape index (κ1) is 39.6. The lowest BCUT2D eigenvalue weighted by atomic mass is 9.75. The predicted octanol–water partition coefficient (Wildman–Crippen LogP) is 17.6. The van der Waals surface area contributed by atoms with Gasteiger partial charge in [0, 0.05) is 33.7 Å². The summed E-state index contributed by atoms with van der Waals surface area (Å²) in [7, 11) is 0. The molecule has 9 aromatic carbocycles. The van der Waals surface area contributed by atoms with E-state index < -0.39 is 0 Å². The smallest absolute Gasteiger partial charge is 0.0536 e. The Kier molecular flexibility index (Phi) is 8.80. The van der Waals surface area contributed by atoms with E-state index in [-0.39, 0.29) is 16.7 Å². The van der Waals surface area contributed by atoms with Crippen molar-refractivity contribution in [3.05, 3.63) is 257 Å². The minimum absolute atomic E-state index is 0.0574. The van der Waals surface area contributed by atoms with Crippen LogP contribution in [0.2, 0.25) is 0 Å². The fourth-order valence-electron chi connectivity index (χ4n) is 12.1. The van der Waals surface area contributed by atoms with Crippen LogP contribution in [0.25, 0.3) is 72.3 Å². The van der Waals surface area contributed by atoms with E-state index >= 15 is 0 Å². The highest BCUT2D eigenvalue weighted by Gasteiger charge is 2.39. The summed E-state index contributed by atoms with van der Waals surface area (Å²) in [6.07, 6.45) is 5.74. The van der Waals surface area contributed by atoms with E-state index in [1.807, 2.05) is 0 Å². The van der Waals surface area contributed by atoms with E-state index in [9.17, 15) is 0 Å². The first-order valence-corrected chi connectivity index (χ1v) is 23.9. The number of allylic oxidation sites excluding steroid dienone is 4.